The number of pyridine rings is 2. The molecule has 0 radical (unpaired) electrons. The van der Waals surface area contributed by atoms with E-state index in [1.165, 1.54) is 6.08 Å². The van der Waals surface area contributed by atoms with Gasteiger partial charge < -0.3 is 25.3 Å². The van der Waals surface area contributed by atoms with Gasteiger partial charge in [0.25, 0.3) is 5.56 Å². The van der Waals surface area contributed by atoms with Gasteiger partial charge in [-0.1, -0.05) is 13.0 Å². The molecule has 0 bridgehead atoms. The predicted octanol–water partition coefficient (Wildman–Crippen LogP) is 1.76. The van der Waals surface area contributed by atoms with Crippen molar-refractivity contribution in [3.05, 3.63) is 62.9 Å². The molecule has 0 saturated carbocycles. The Morgan fingerprint density at radius 1 is 1.34 bits per heavy atom. The van der Waals surface area contributed by atoms with Crippen LogP contribution in [0.1, 0.15) is 35.6 Å². The largest absolute Gasteiger partial charge is 0.478 e. The summed E-state index contributed by atoms with van der Waals surface area (Å²) < 4.78 is 6.63. The standard InChI is InChI=1S/C23H19N3O6/c1-2-23(31)15-8-17-20-12(9-26(17)21(29)14(15)10-32-22(23)30)7-13-16(25-20)5-3-11(19(13)24)4-6-18(27)28/h3-8,31H,2,9-10,24H2,1H3,(H,27,28)/t23-/m0/s1. The van der Waals surface area contributed by atoms with E-state index in [9.17, 15) is 19.5 Å². The number of nitrogen functional groups attached to an aromatic ring is 1. The third kappa shape index (κ3) is 2.68. The number of rotatable bonds is 3. The second-order valence-electron chi connectivity index (χ2n) is 7.91. The highest BCUT2D eigenvalue weighted by molar-refractivity contribution is 5.98. The highest BCUT2D eigenvalue weighted by Crippen LogP contribution is 2.39. The van der Waals surface area contributed by atoms with Crippen LogP contribution in [-0.2, 0) is 33.1 Å². The van der Waals surface area contributed by atoms with Crippen LogP contribution in [0.5, 0.6) is 0 Å². The molecule has 32 heavy (non-hydrogen) atoms. The molecule has 1 atom stereocenters. The van der Waals surface area contributed by atoms with Crippen LogP contribution in [0, 0.1) is 0 Å². The summed E-state index contributed by atoms with van der Waals surface area (Å²) in [6, 6.07) is 6.90. The summed E-state index contributed by atoms with van der Waals surface area (Å²) in [5.74, 6) is -1.85. The number of hydrogen-bond acceptors (Lipinski definition) is 7. The van der Waals surface area contributed by atoms with Gasteiger partial charge in [-0.2, -0.15) is 0 Å². The Bertz CT molecular complexity index is 1440. The van der Waals surface area contributed by atoms with Crippen molar-refractivity contribution in [2.75, 3.05) is 5.73 Å². The van der Waals surface area contributed by atoms with Crippen molar-refractivity contribution in [1.29, 1.82) is 0 Å². The summed E-state index contributed by atoms with van der Waals surface area (Å²) in [4.78, 5) is 41.0. The molecule has 0 saturated heterocycles. The Kier molecular flexibility index (Phi) is 4.22. The first-order valence-electron chi connectivity index (χ1n) is 10.0. The first kappa shape index (κ1) is 20.0. The number of carbonyl (C=O) groups is 2. The summed E-state index contributed by atoms with van der Waals surface area (Å²) in [5.41, 5.74) is 7.93. The van der Waals surface area contributed by atoms with Crippen LogP contribution in [-0.4, -0.2) is 31.7 Å². The maximum absolute atomic E-state index is 13.2. The zero-order valence-corrected chi connectivity index (χ0v) is 17.1. The molecule has 0 aliphatic carbocycles. The van der Waals surface area contributed by atoms with Crippen LogP contribution >= 0.6 is 0 Å². The van der Waals surface area contributed by atoms with Gasteiger partial charge in [0.15, 0.2) is 5.60 Å². The molecular formula is C23H19N3O6. The number of anilines is 1. The third-order valence-electron chi connectivity index (χ3n) is 6.17. The van der Waals surface area contributed by atoms with Crippen molar-refractivity contribution in [3.63, 3.8) is 0 Å². The second kappa shape index (κ2) is 6.76. The van der Waals surface area contributed by atoms with E-state index in [1.807, 2.05) is 6.07 Å². The first-order valence-corrected chi connectivity index (χ1v) is 10.0. The lowest BCUT2D eigenvalue weighted by atomic mass is 9.86. The number of aromatic nitrogens is 2. The SMILES string of the molecule is CC[C@@]1(O)C(=O)OCc2c1cc1n(c2=O)Cc2cc3c(N)c(C=CC(=O)O)ccc3nc2-1. The summed E-state index contributed by atoms with van der Waals surface area (Å²) in [6.45, 7) is 1.72. The quantitative estimate of drug-likeness (QED) is 0.252. The average molecular weight is 433 g/mol. The van der Waals surface area contributed by atoms with Gasteiger partial charge in [0.1, 0.15) is 6.61 Å². The molecule has 9 heteroatoms. The minimum atomic E-state index is -1.88. The smallest absolute Gasteiger partial charge is 0.343 e. The zero-order chi connectivity index (χ0) is 22.8. The second-order valence-corrected chi connectivity index (χ2v) is 7.91. The molecule has 2 aromatic heterocycles. The number of fused-ring (bicyclic) bond motifs is 5. The van der Waals surface area contributed by atoms with E-state index in [4.69, 9.17) is 20.6 Å². The van der Waals surface area contributed by atoms with Crippen LogP contribution in [0.15, 0.2) is 35.1 Å². The van der Waals surface area contributed by atoms with Gasteiger partial charge in [-0.05, 0) is 36.3 Å². The molecule has 1 aromatic carbocycles. The lowest BCUT2D eigenvalue weighted by molar-refractivity contribution is -0.172. The van der Waals surface area contributed by atoms with Crippen LogP contribution < -0.4 is 11.3 Å². The van der Waals surface area contributed by atoms with Gasteiger partial charge >= 0.3 is 11.9 Å². The fourth-order valence-electron chi connectivity index (χ4n) is 4.40. The van der Waals surface area contributed by atoms with E-state index in [1.54, 1.807) is 29.7 Å². The normalized spacial score (nSPS) is 19.0. The number of aliphatic hydroxyl groups is 1. The number of hydrogen-bond donors (Lipinski definition) is 3. The highest BCUT2D eigenvalue weighted by Gasteiger charge is 2.45. The van der Waals surface area contributed by atoms with E-state index in [0.717, 1.165) is 11.6 Å². The zero-order valence-electron chi connectivity index (χ0n) is 17.1. The molecule has 0 unspecified atom stereocenters. The molecular weight excluding hydrogens is 414 g/mol. The summed E-state index contributed by atoms with van der Waals surface area (Å²) in [6.07, 6.45) is 2.50. The molecule has 9 nitrogen and oxygen atoms in total. The molecule has 4 heterocycles. The molecule has 4 N–H and O–H groups in total. The van der Waals surface area contributed by atoms with Crippen molar-refractivity contribution in [3.8, 4) is 11.4 Å². The molecule has 5 rings (SSSR count). The lowest BCUT2D eigenvalue weighted by Gasteiger charge is -2.31. The highest BCUT2D eigenvalue weighted by atomic mass is 16.6. The maximum Gasteiger partial charge on any atom is 0.343 e. The number of carboxylic acids is 1. The Morgan fingerprint density at radius 2 is 2.12 bits per heavy atom. The Balaban J connectivity index is 1.71. The van der Waals surface area contributed by atoms with E-state index >= 15 is 0 Å². The summed E-state index contributed by atoms with van der Waals surface area (Å²) in [5, 5.41) is 20.4. The topological polar surface area (TPSA) is 145 Å². The van der Waals surface area contributed by atoms with Crippen molar-refractivity contribution < 1.29 is 24.5 Å². The Hall–Kier alpha value is -3.98. The minimum Gasteiger partial charge on any atom is -0.478 e. The predicted molar refractivity (Wildman–Crippen MR) is 116 cm³/mol. The molecule has 0 fully saturated rings. The number of carbonyl (C=O) groups excluding carboxylic acids is 1. The van der Waals surface area contributed by atoms with Gasteiger partial charge in [0.2, 0.25) is 0 Å². The summed E-state index contributed by atoms with van der Waals surface area (Å²) >= 11 is 0. The van der Waals surface area contributed by atoms with Crippen LogP contribution in [0.3, 0.4) is 0 Å². The van der Waals surface area contributed by atoms with Crippen LogP contribution in [0.25, 0.3) is 28.4 Å². The van der Waals surface area contributed by atoms with Crippen molar-refractivity contribution in [2.24, 2.45) is 0 Å². The number of carboxylic acid groups (broad SMARTS) is 1. The number of benzene rings is 1. The average Bonchev–Trinajstić information content (AvgIpc) is 3.13. The van der Waals surface area contributed by atoms with Crippen LogP contribution in [0.2, 0.25) is 0 Å². The summed E-state index contributed by atoms with van der Waals surface area (Å²) in [7, 11) is 0. The van der Waals surface area contributed by atoms with Gasteiger partial charge in [0, 0.05) is 28.3 Å². The lowest BCUT2D eigenvalue weighted by Crippen LogP contribution is -2.44. The molecule has 162 valence electrons. The Labute approximate surface area is 181 Å². The number of cyclic esters (lactones) is 1. The Morgan fingerprint density at radius 3 is 2.84 bits per heavy atom. The maximum atomic E-state index is 13.2. The number of nitrogens with two attached hydrogens (primary N) is 1. The number of aliphatic carboxylic acids is 1. The van der Waals surface area contributed by atoms with Gasteiger partial charge in [-0.3, -0.25) is 4.79 Å². The number of nitrogens with zero attached hydrogens (tertiary/aromatic N) is 2. The van der Waals surface area contributed by atoms with Gasteiger partial charge in [0.05, 0.1) is 29.0 Å². The fraction of sp³-hybridized carbons (Fsp3) is 0.217. The third-order valence-corrected chi connectivity index (χ3v) is 6.17. The van der Waals surface area contributed by atoms with Crippen molar-refractivity contribution >= 4 is 34.6 Å². The molecule has 3 aromatic rings. The van der Waals surface area contributed by atoms with E-state index in [2.05, 4.69) is 0 Å². The van der Waals surface area contributed by atoms with Crippen LogP contribution in [0.4, 0.5) is 5.69 Å². The number of esters is 1. The van der Waals surface area contributed by atoms with Crippen molar-refractivity contribution in [2.45, 2.75) is 32.1 Å². The molecule has 2 aliphatic heterocycles. The first-order chi connectivity index (χ1) is 15.2. The van der Waals surface area contributed by atoms with E-state index < -0.39 is 17.5 Å². The molecule has 0 spiro atoms. The van der Waals surface area contributed by atoms with Gasteiger partial charge in [-0.15, -0.1) is 0 Å². The fourth-order valence-corrected chi connectivity index (χ4v) is 4.40. The van der Waals surface area contributed by atoms with E-state index in [-0.39, 0.29) is 36.3 Å². The monoisotopic (exact) mass is 433 g/mol. The van der Waals surface area contributed by atoms with Gasteiger partial charge in [-0.25, -0.2) is 14.6 Å². The molecule has 0 amide bonds. The minimum absolute atomic E-state index is 0.0723. The number of ether oxygens (including phenoxy) is 1. The van der Waals surface area contributed by atoms with E-state index in [0.29, 0.717) is 33.5 Å². The van der Waals surface area contributed by atoms with Crippen molar-refractivity contribution in [1.82, 2.24) is 9.55 Å². The molecule has 2 aliphatic rings.